The van der Waals surface area contributed by atoms with Gasteiger partial charge >= 0.3 is 0 Å². The third-order valence-corrected chi connectivity index (χ3v) is 4.14. The fourth-order valence-corrected chi connectivity index (χ4v) is 2.71. The summed E-state index contributed by atoms with van der Waals surface area (Å²) in [5, 5.41) is 6.60. The van der Waals surface area contributed by atoms with Gasteiger partial charge in [-0.2, -0.15) is 0 Å². The first-order valence-corrected chi connectivity index (χ1v) is 8.89. The smallest absolute Gasteiger partial charge is 0.255 e. The summed E-state index contributed by atoms with van der Waals surface area (Å²) >= 11 is 0. The number of benzene rings is 2. The molecule has 4 amide bonds. The number of carbonyl (C=O) groups excluding carboxylic acids is 4. The molecule has 3 rings (SSSR count). The number of hydrazine groups is 1. The Morgan fingerprint density at radius 1 is 0.966 bits per heavy atom. The van der Waals surface area contributed by atoms with E-state index in [1.807, 2.05) is 0 Å². The van der Waals surface area contributed by atoms with Crippen molar-refractivity contribution in [1.29, 1.82) is 0 Å². The molecule has 0 bridgehead atoms. The van der Waals surface area contributed by atoms with Crippen LogP contribution in [-0.2, 0) is 19.1 Å². The maximum Gasteiger partial charge on any atom is 0.255 e. The number of amides is 4. The van der Waals surface area contributed by atoms with E-state index in [1.165, 1.54) is 12.1 Å². The van der Waals surface area contributed by atoms with Gasteiger partial charge in [-0.25, -0.2) is 5.01 Å². The van der Waals surface area contributed by atoms with Gasteiger partial charge in [0.15, 0.2) is 0 Å². The molecule has 0 radical (unpaired) electrons. The van der Waals surface area contributed by atoms with Crippen molar-refractivity contribution in [3.63, 3.8) is 0 Å². The molecule has 0 saturated carbocycles. The molecule has 1 saturated heterocycles. The van der Waals surface area contributed by atoms with Gasteiger partial charge in [-0.1, -0.05) is 0 Å². The van der Waals surface area contributed by atoms with E-state index in [0.717, 1.165) is 0 Å². The fourth-order valence-electron chi connectivity index (χ4n) is 2.71. The predicted octanol–water partition coefficient (Wildman–Crippen LogP) is 1.68. The van der Waals surface area contributed by atoms with Gasteiger partial charge in [0.25, 0.3) is 5.91 Å². The standard InChI is InChI=1S/C20H20N4O5/c1-29-12-18(26)21-14-4-6-15(7-5-14)22-20(28)13-2-8-16(9-3-13)24-19(27)11-10-17(25)23-24/h2-9H,10-12H2,1H3,(H,21,26)(H,22,28)(H,23,25). The largest absolute Gasteiger partial charge is 0.375 e. The van der Waals surface area contributed by atoms with Gasteiger partial charge in [0, 0.05) is 36.9 Å². The minimum absolute atomic E-state index is 0.0405. The van der Waals surface area contributed by atoms with Gasteiger partial charge in [-0.05, 0) is 48.5 Å². The monoisotopic (exact) mass is 396 g/mol. The van der Waals surface area contributed by atoms with Crippen molar-refractivity contribution in [3.05, 3.63) is 54.1 Å². The summed E-state index contributed by atoms with van der Waals surface area (Å²) in [6.07, 6.45) is 0.320. The molecule has 150 valence electrons. The van der Waals surface area contributed by atoms with Crippen LogP contribution in [0.3, 0.4) is 0 Å². The zero-order valence-corrected chi connectivity index (χ0v) is 15.7. The van der Waals surface area contributed by atoms with E-state index in [0.29, 0.717) is 22.6 Å². The van der Waals surface area contributed by atoms with Crippen LogP contribution in [0.1, 0.15) is 23.2 Å². The molecule has 29 heavy (non-hydrogen) atoms. The average molecular weight is 396 g/mol. The van der Waals surface area contributed by atoms with Gasteiger partial charge < -0.3 is 15.4 Å². The summed E-state index contributed by atoms with van der Waals surface area (Å²) in [4.78, 5) is 47.3. The highest BCUT2D eigenvalue weighted by Crippen LogP contribution is 2.19. The van der Waals surface area contributed by atoms with E-state index in [1.54, 1.807) is 48.5 Å². The quantitative estimate of drug-likeness (QED) is 0.687. The van der Waals surface area contributed by atoms with E-state index in [-0.39, 0.29) is 43.1 Å². The third kappa shape index (κ3) is 5.17. The molecule has 9 heteroatoms. The molecule has 1 fully saturated rings. The van der Waals surface area contributed by atoms with Crippen LogP contribution in [0.15, 0.2) is 48.5 Å². The number of nitrogens with one attached hydrogen (secondary N) is 3. The summed E-state index contributed by atoms with van der Waals surface area (Å²) < 4.78 is 4.75. The normalized spacial score (nSPS) is 13.6. The van der Waals surface area contributed by atoms with Crippen molar-refractivity contribution in [2.24, 2.45) is 0 Å². The van der Waals surface area contributed by atoms with Crippen LogP contribution in [0.4, 0.5) is 17.1 Å². The van der Waals surface area contributed by atoms with E-state index in [4.69, 9.17) is 4.74 Å². The summed E-state index contributed by atoms with van der Waals surface area (Å²) in [7, 11) is 1.44. The van der Waals surface area contributed by atoms with E-state index in [9.17, 15) is 19.2 Å². The van der Waals surface area contributed by atoms with Crippen LogP contribution in [0, 0.1) is 0 Å². The van der Waals surface area contributed by atoms with E-state index < -0.39 is 0 Å². The first kappa shape index (κ1) is 20.0. The topological polar surface area (TPSA) is 117 Å². The van der Waals surface area contributed by atoms with Crippen LogP contribution in [0.2, 0.25) is 0 Å². The van der Waals surface area contributed by atoms with Crippen molar-refractivity contribution in [2.45, 2.75) is 12.8 Å². The van der Waals surface area contributed by atoms with Crippen molar-refractivity contribution in [3.8, 4) is 0 Å². The van der Waals surface area contributed by atoms with Gasteiger partial charge in [0.05, 0.1) is 5.69 Å². The molecule has 0 unspecified atom stereocenters. The number of hydrogen-bond donors (Lipinski definition) is 3. The molecular weight excluding hydrogens is 376 g/mol. The molecule has 0 spiro atoms. The van der Waals surface area contributed by atoms with Gasteiger partial charge in [-0.15, -0.1) is 0 Å². The highest BCUT2D eigenvalue weighted by Gasteiger charge is 2.24. The number of carbonyl (C=O) groups is 4. The number of hydrogen-bond acceptors (Lipinski definition) is 5. The second-order valence-electron chi connectivity index (χ2n) is 6.32. The Hall–Kier alpha value is -3.72. The number of anilines is 3. The minimum atomic E-state index is -0.332. The molecule has 0 aliphatic carbocycles. The van der Waals surface area contributed by atoms with Crippen LogP contribution in [0.5, 0.6) is 0 Å². The molecule has 0 atom stereocenters. The average Bonchev–Trinajstić information content (AvgIpc) is 2.71. The van der Waals surface area contributed by atoms with Crippen molar-refractivity contribution < 1.29 is 23.9 Å². The maximum absolute atomic E-state index is 12.4. The molecule has 3 N–H and O–H groups in total. The van der Waals surface area contributed by atoms with Crippen LogP contribution in [-0.4, -0.2) is 37.3 Å². The Kier molecular flexibility index (Phi) is 6.20. The summed E-state index contributed by atoms with van der Waals surface area (Å²) in [5.41, 5.74) is 4.52. The summed E-state index contributed by atoms with van der Waals surface area (Å²) in [6.45, 7) is -0.0405. The Morgan fingerprint density at radius 3 is 2.21 bits per heavy atom. The molecule has 2 aromatic rings. The van der Waals surface area contributed by atoms with E-state index >= 15 is 0 Å². The predicted molar refractivity (Wildman–Crippen MR) is 106 cm³/mol. The lowest BCUT2D eigenvalue weighted by Crippen LogP contribution is -2.50. The first-order valence-electron chi connectivity index (χ1n) is 8.89. The van der Waals surface area contributed by atoms with Crippen molar-refractivity contribution in [2.75, 3.05) is 29.4 Å². The molecule has 0 aromatic heterocycles. The Balaban J connectivity index is 1.61. The highest BCUT2D eigenvalue weighted by atomic mass is 16.5. The molecule has 1 aliphatic rings. The summed E-state index contributed by atoms with van der Waals surface area (Å²) in [6, 6.07) is 13.0. The van der Waals surface area contributed by atoms with Crippen LogP contribution in [0.25, 0.3) is 0 Å². The van der Waals surface area contributed by atoms with Gasteiger partial charge in [0.1, 0.15) is 6.61 Å². The molecule has 9 nitrogen and oxygen atoms in total. The summed E-state index contributed by atoms with van der Waals surface area (Å²) in [5.74, 6) is -1.04. The number of rotatable bonds is 6. The van der Waals surface area contributed by atoms with Crippen LogP contribution < -0.4 is 21.1 Å². The molecular formula is C20H20N4O5. The lowest BCUT2D eigenvalue weighted by molar-refractivity contribution is -0.130. The Labute approximate surface area is 167 Å². The first-order chi connectivity index (χ1) is 14.0. The second kappa shape index (κ2) is 8.98. The minimum Gasteiger partial charge on any atom is -0.375 e. The second-order valence-corrected chi connectivity index (χ2v) is 6.32. The zero-order chi connectivity index (χ0) is 20.8. The van der Waals surface area contributed by atoms with E-state index in [2.05, 4.69) is 16.1 Å². The number of ether oxygens (including phenoxy) is 1. The number of nitrogens with zero attached hydrogens (tertiary/aromatic N) is 1. The Bertz CT molecular complexity index is 925. The highest BCUT2D eigenvalue weighted by molar-refractivity contribution is 6.05. The van der Waals surface area contributed by atoms with Crippen molar-refractivity contribution in [1.82, 2.24) is 5.43 Å². The molecule has 1 aliphatic heterocycles. The third-order valence-electron chi connectivity index (χ3n) is 4.14. The van der Waals surface area contributed by atoms with Gasteiger partial charge in [0.2, 0.25) is 17.7 Å². The van der Waals surface area contributed by atoms with Gasteiger partial charge in [-0.3, -0.25) is 24.6 Å². The maximum atomic E-state index is 12.4. The Morgan fingerprint density at radius 2 is 1.59 bits per heavy atom. The SMILES string of the molecule is COCC(=O)Nc1ccc(NC(=O)c2ccc(N3NC(=O)CCC3=O)cc2)cc1. The number of methoxy groups -OCH3 is 1. The fraction of sp³-hybridized carbons (Fsp3) is 0.200. The van der Waals surface area contributed by atoms with Crippen LogP contribution >= 0.6 is 0 Å². The molecule has 1 heterocycles. The lowest BCUT2D eigenvalue weighted by Gasteiger charge is -2.27. The molecule has 2 aromatic carbocycles. The zero-order valence-electron chi connectivity index (χ0n) is 15.7. The van der Waals surface area contributed by atoms with Crippen molar-refractivity contribution >= 4 is 40.7 Å². The lowest BCUT2D eigenvalue weighted by atomic mass is 10.1.